The summed E-state index contributed by atoms with van der Waals surface area (Å²) in [5.41, 5.74) is -0.0216. The molecule has 8 nitrogen and oxygen atoms in total. The Morgan fingerprint density at radius 2 is 1.93 bits per heavy atom. The van der Waals surface area contributed by atoms with E-state index in [1.807, 2.05) is 6.07 Å². The van der Waals surface area contributed by atoms with Gasteiger partial charge in [-0.1, -0.05) is 12.1 Å². The lowest BCUT2D eigenvalue weighted by molar-refractivity contribution is -0.113. The van der Waals surface area contributed by atoms with Gasteiger partial charge in [-0.3, -0.25) is 18.7 Å². The first-order chi connectivity index (χ1) is 12.9. The van der Waals surface area contributed by atoms with Gasteiger partial charge in [-0.2, -0.15) is 0 Å². The lowest BCUT2D eigenvalue weighted by atomic mass is 10.3. The quantitative estimate of drug-likeness (QED) is 0.666. The van der Waals surface area contributed by atoms with E-state index >= 15 is 0 Å². The molecule has 2 aromatic heterocycles. The molecule has 0 bridgehead atoms. The van der Waals surface area contributed by atoms with Crippen molar-refractivity contribution < 1.29 is 9.53 Å². The largest absolute Gasteiger partial charge is 0.495 e. The lowest BCUT2D eigenvalue weighted by Gasteiger charge is -2.11. The van der Waals surface area contributed by atoms with Crippen LogP contribution in [0.4, 0.5) is 5.69 Å². The number of thioether (sulfide) groups is 1. The number of carbonyl (C=O) groups is 1. The molecular formula is C18H18N4O4S. The van der Waals surface area contributed by atoms with Crippen LogP contribution in [0.15, 0.2) is 51.0 Å². The number of methoxy groups -OCH3 is 1. The van der Waals surface area contributed by atoms with Crippen molar-refractivity contribution in [3.63, 3.8) is 0 Å². The minimum atomic E-state index is -0.448. The van der Waals surface area contributed by atoms with Crippen LogP contribution in [0.1, 0.15) is 0 Å². The minimum absolute atomic E-state index is 0.0865. The minimum Gasteiger partial charge on any atom is -0.495 e. The summed E-state index contributed by atoms with van der Waals surface area (Å²) in [6.45, 7) is 0. The van der Waals surface area contributed by atoms with Gasteiger partial charge in [-0.25, -0.2) is 9.78 Å². The fourth-order valence-electron chi connectivity index (χ4n) is 2.66. The molecule has 1 amide bonds. The summed E-state index contributed by atoms with van der Waals surface area (Å²) in [5, 5.41) is 3.10. The van der Waals surface area contributed by atoms with Crippen molar-refractivity contribution in [2.24, 2.45) is 14.1 Å². The molecule has 1 N–H and O–H groups in total. The molecule has 0 aliphatic carbocycles. The zero-order valence-electron chi connectivity index (χ0n) is 15.1. The number of ether oxygens (including phenoxy) is 1. The Hall–Kier alpha value is -3.07. The summed E-state index contributed by atoms with van der Waals surface area (Å²) >= 11 is 1.21. The number of benzene rings is 1. The Bertz CT molecular complexity index is 1140. The second kappa shape index (κ2) is 7.67. The molecule has 0 saturated heterocycles. The highest BCUT2D eigenvalue weighted by molar-refractivity contribution is 8.00. The first-order valence-electron chi connectivity index (χ1n) is 8.04. The molecule has 3 rings (SSSR count). The van der Waals surface area contributed by atoms with Gasteiger partial charge in [0.2, 0.25) is 5.91 Å². The van der Waals surface area contributed by atoms with Crippen LogP contribution < -0.4 is 21.3 Å². The molecule has 0 spiro atoms. The maximum absolute atomic E-state index is 12.5. The van der Waals surface area contributed by atoms with Gasteiger partial charge < -0.3 is 10.1 Å². The van der Waals surface area contributed by atoms with E-state index in [4.69, 9.17) is 4.74 Å². The number of aromatic nitrogens is 3. The van der Waals surface area contributed by atoms with Crippen molar-refractivity contribution in [3.8, 4) is 5.75 Å². The Balaban J connectivity index is 1.86. The van der Waals surface area contributed by atoms with E-state index in [0.717, 1.165) is 4.57 Å². The Kier molecular flexibility index (Phi) is 5.31. The third kappa shape index (κ3) is 3.59. The van der Waals surface area contributed by atoms with E-state index in [-0.39, 0.29) is 11.7 Å². The number of fused-ring (bicyclic) bond motifs is 1. The first-order valence-corrected chi connectivity index (χ1v) is 9.03. The van der Waals surface area contributed by atoms with Crippen molar-refractivity contribution in [2.45, 2.75) is 4.90 Å². The number of para-hydroxylation sites is 2. The molecule has 2 heterocycles. The lowest BCUT2D eigenvalue weighted by Crippen LogP contribution is -2.37. The molecule has 0 fully saturated rings. The highest BCUT2D eigenvalue weighted by atomic mass is 32.2. The van der Waals surface area contributed by atoms with Gasteiger partial charge in [-0.15, -0.1) is 11.8 Å². The van der Waals surface area contributed by atoms with Crippen molar-refractivity contribution in [1.29, 1.82) is 0 Å². The molecule has 0 aliphatic rings. The van der Waals surface area contributed by atoms with Crippen LogP contribution in [0.25, 0.3) is 11.0 Å². The summed E-state index contributed by atoms with van der Waals surface area (Å²) in [6, 6.07) is 8.77. The number of nitrogens with one attached hydrogen (secondary N) is 1. The Morgan fingerprint density at radius 3 is 2.67 bits per heavy atom. The number of anilines is 1. The molecule has 140 valence electrons. The third-order valence-corrected chi connectivity index (χ3v) is 5.10. The maximum Gasteiger partial charge on any atom is 0.332 e. The van der Waals surface area contributed by atoms with E-state index in [0.29, 0.717) is 27.4 Å². The van der Waals surface area contributed by atoms with Crippen LogP contribution in [-0.4, -0.2) is 32.9 Å². The summed E-state index contributed by atoms with van der Waals surface area (Å²) in [4.78, 5) is 41.6. The van der Waals surface area contributed by atoms with E-state index in [2.05, 4.69) is 10.3 Å². The summed E-state index contributed by atoms with van der Waals surface area (Å²) in [7, 11) is 4.50. The van der Waals surface area contributed by atoms with Gasteiger partial charge in [0.1, 0.15) is 11.4 Å². The fourth-order valence-corrected chi connectivity index (χ4v) is 3.50. The number of hydrogen-bond donors (Lipinski definition) is 1. The Morgan fingerprint density at radius 1 is 1.19 bits per heavy atom. The van der Waals surface area contributed by atoms with Crippen LogP contribution in [0.2, 0.25) is 0 Å². The van der Waals surface area contributed by atoms with E-state index in [1.165, 1.54) is 36.7 Å². The van der Waals surface area contributed by atoms with Crippen molar-refractivity contribution in [3.05, 3.63) is 57.4 Å². The molecule has 3 aromatic rings. The molecule has 0 atom stereocenters. The third-order valence-electron chi connectivity index (χ3n) is 4.04. The van der Waals surface area contributed by atoms with Crippen molar-refractivity contribution >= 4 is 34.4 Å². The monoisotopic (exact) mass is 386 g/mol. The molecule has 1 aromatic carbocycles. The van der Waals surface area contributed by atoms with E-state index < -0.39 is 11.2 Å². The average molecular weight is 386 g/mol. The van der Waals surface area contributed by atoms with Gasteiger partial charge in [0.05, 0.1) is 23.9 Å². The number of hydrogen-bond acceptors (Lipinski definition) is 6. The van der Waals surface area contributed by atoms with Gasteiger partial charge in [-0.05, 0) is 18.2 Å². The van der Waals surface area contributed by atoms with Gasteiger partial charge in [0.25, 0.3) is 5.56 Å². The SMILES string of the molecule is COc1ccccc1NC(=O)CSc1ccnc2c1c(=O)n(C)c(=O)n2C. The normalized spacial score (nSPS) is 10.8. The maximum atomic E-state index is 12.5. The fraction of sp³-hybridized carbons (Fsp3) is 0.222. The molecular weight excluding hydrogens is 368 g/mol. The molecule has 0 aliphatic heterocycles. The summed E-state index contributed by atoms with van der Waals surface area (Å²) in [5.74, 6) is 0.411. The summed E-state index contributed by atoms with van der Waals surface area (Å²) in [6.07, 6.45) is 1.52. The number of nitrogens with zero attached hydrogens (tertiary/aromatic N) is 3. The van der Waals surface area contributed by atoms with Crippen molar-refractivity contribution in [1.82, 2.24) is 14.1 Å². The average Bonchev–Trinajstić information content (AvgIpc) is 2.69. The standard InChI is InChI=1S/C18H18N4O4S/c1-21-16-15(17(24)22(2)18(21)25)13(8-9-19-16)27-10-14(23)20-11-6-4-5-7-12(11)26-3/h4-9H,10H2,1-3H3,(H,20,23). The van der Waals surface area contributed by atoms with Crippen LogP contribution in [0.5, 0.6) is 5.75 Å². The van der Waals surface area contributed by atoms with Gasteiger partial charge >= 0.3 is 5.69 Å². The zero-order valence-corrected chi connectivity index (χ0v) is 15.9. The molecule has 9 heteroatoms. The second-order valence-electron chi connectivity index (χ2n) is 5.75. The zero-order chi connectivity index (χ0) is 19.6. The highest BCUT2D eigenvalue weighted by Crippen LogP contribution is 2.26. The molecule has 0 unspecified atom stereocenters. The van der Waals surface area contributed by atoms with Crippen LogP contribution >= 0.6 is 11.8 Å². The number of pyridine rings is 1. The van der Waals surface area contributed by atoms with Gasteiger partial charge in [0.15, 0.2) is 0 Å². The number of aryl methyl sites for hydroxylation is 1. The summed E-state index contributed by atoms with van der Waals surface area (Å²) < 4.78 is 7.56. The Labute approximate surface area is 158 Å². The number of carbonyl (C=O) groups excluding carboxylic acids is 1. The number of amides is 1. The van der Waals surface area contributed by atoms with Gasteiger partial charge in [0, 0.05) is 25.2 Å². The first kappa shape index (κ1) is 18.7. The van der Waals surface area contributed by atoms with E-state index in [1.54, 1.807) is 31.3 Å². The van der Waals surface area contributed by atoms with Crippen LogP contribution in [-0.2, 0) is 18.9 Å². The molecule has 27 heavy (non-hydrogen) atoms. The van der Waals surface area contributed by atoms with Crippen LogP contribution in [0.3, 0.4) is 0 Å². The van der Waals surface area contributed by atoms with Crippen LogP contribution in [0, 0.1) is 0 Å². The number of rotatable bonds is 5. The predicted octanol–water partition coefficient (Wildman–Crippen LogP) is 1.37. The molecule has 0 radical (unpaired) electrons. The molecule has 0 saturated carbocycles. The second-order valence-corrected chi connectivity index (χ2v) is 6.77. The smallest absolute Gasteiger partial charge is 0.332 e. The predicted molar refractivity (Wildman–Crippen MR) is 105 cm³/mol. The highest BCUT2D eigenvalue weighted by Gasteiger charge is 2.15. The van der Waals surface area contributed by atoms with E-state index in [9.17, 15) is 14.4 Å². The topological polar surface area (TPSA) is 95.2 Å². The van der Waals surface area contributed by atoms with Crippen molar-refractivity contribution in [2.75, 3.05) is 18.2 Å².